The second-order valence-electron chi connectivity index (χ2n) is 2.64. The highest BCUT2D eigenvalue weighted by molar-refractivity contribution is 7.16. The van der Waals surface area contributed by atoms with E-state index in [0.29, 0.717) is 5.82 Å². The monoisotopic (exact) mass is 213 g/mol. The predicted molar refractivity (Wildman–Crippen MR) is 55.1 cm³/mol. The molecule has 13 heavy (non-hydrogen) atoms. The minimum Gasteiger partial charge on any atom is -0.382 e. The van der Waals surface area contributed by atoms with Gasteiger partial charge in [-0.1, -0.05) is 11.6 Å². The summed E-state index contributed by atoms with van der Waals surface area (Å²) in [6.07, 6.45) is 1.85. The van der Waals surface area contributed by atoms with E-state index < -0.39 is 0 Å². The third-order valence-electron chi connectivity index (χ3n) is 1.61. The molecule has 0 bridgehead atoms. The molecule has 0 fully saturated rings. The molecule has 2 heterocycles. The summed E-state index contributed by atoms with van der Waals surface area (Å²) in [5.41, 5.74) is 5.48. The van der Waals surface area contributed by atoms with E-state index in [4.69, 9.17) is 17.3 Å². The topological polar surface area (TPSA) is 43.8 Å². The van der Waals surface area contributed by atoms with Crippen LogP contribution in [0.4, 0.5) is 5.82 Å². The zero-order chi connectivity index (χ0) is 9.26. The average molecular weight is 214 g/mol. The maximum absolute atomic E-state index is 5.80. The minimum absolute atomic E-state index is 0.544. The van der Waals surface area contributed by atoms with E-state index in [-0.39, 0.29) is 0 Å². The van der Waals surface area contributed by atoms with Gasteiger partial charge in [0.1, 0.15) is 5.82 Å². The minimum atomic E-state index is 0.544. The van der Waals surface area contributed by atoms with Crippen LogP contribution in [0.2, 0.25) is 4.34 Å². The number of rotatable bonds is 2. The Morgan fingerprint density at radius 1 is 1.46 bits per heavy atom. The molecule has 2 N–H and O–H groups in total. The fraction of sp³-hybridized carbons (Fsp3) is 0.125. The predicted octanol–water partition coefficient (Wildman–Crippen LogP) is 2.23. The number of thiophene rings is 1. The second-order valence-corrected chi connectivity index (χ2v) is 4.44. The van der Waals surface area contributed by atoms with Gasteiger partial charge in [-0.25, -0.2) is 0 Å². The molecular formula is C8H8ClN3S. The lowest BCUT2D eigenvalue weighted by molar-refractivity contribution is 0.698. The van der Waals surface area contributed by atoms with Gasteiger partial charge in [-0.15, -0.1) is 11.3 Å². The van der Waals surface area contributed by atoms with Gasteiger partial charge in [0.05, 0.1) is 10.9 Å². The smallest absolute Gasteiger partial charge is 0.145 e. The number of nitrogen functional groups attached to an aromatic ring is 1. The van der Waals surface area contributed by atoms with Crippen LogP contribution in [0.25, 0.3) is 0 Å². The summed E-state index contributed by atoms with van der Waals surface area (Å²) in [5.74, 6) is 0.544. The summed E-state index contributed by atoms with van der Waals surface area (Å²) in [6.45, 7) is 0.731. The summed E-state index contributed by atoms with van der Waals surface area (Å²) < 4.78 is 2.59. The van der Waals surface area contributed by atoms with Crippen LogP contribution in [-0.4, -0.2) is 9.78 Å². The third-order valence-corrected chi connectivity index (χ3v) is 2.82. The maximum atomic E-state index is 5.80. The number of nitrogens with two attached hydrogens (primary N) is 1. The number of aromatic nitrogens is 2. The first-order valence-corrected chi connectivity index (χ1v) is 4.96. The molecule has 0 radical (unpaired) electrons. The number of hydrogen-bond donors (Lipinski definition) is 1. The van der Waals surface area contributed by atoms with Gasteiger partial charge in [0, 0.05) is 11.1 Å². The van der Waals surface area contributed by atoms with Crippen LogP contribution in [0.3, 0.4) is 0 Å². The van der Waals surface area contributed by atoms with Crippen molar-refractivity contribution < 1.29 is 0 Å². The third kappa shape index (κ3) is 2.02. The van der Waals surface area contributed by atoms with E-state index >= 15 is 0 Å². The molecule has 3 nitrogen and oxygen atoms in total. The fourth-order valence-electron chi connectivity index (χ4n) is 1.06. The van der Waals surface area contributed by atoms with Crippen molar-refractivity contribution in [2.24, 2.45) is 0 Å². The molecule has 68 valence electrons. The normalized spacial score (nSPS) is 10.5. The first kappa shape index (κ1) is 8.59. The van der Waals surface area contributed by atoms with Crippen LogP contribution in [-0.2, 0) is 6.54 Å². The summed E-state index contributed by atoms with van der Waals surface area (Å²) in [5, 5.41) is 4.07. The molecule has 0 aliphatic rings. The van der Waals surface area contributed by atoms with Crippen LogP contribution < -0.4 is 5.73 Å². The van der Waals surface area contributed by atoms with Gasteiger partial charge >= 0.3 is 0 Å². The maximum Gasteiger partial charge on any atom is 0.145 e. The van der Waals surface area contributed by atoms with Crippen molar-refractivity contribution in [3.8, 4) is 0 Å². The van der Waals surface area contributed by atoms with E-state index in [9.17, 15) is 0 Å². The Hall–Kier alpha value is -1.00. The first-order chi connectivity index (χ1) is 6.24. The van der Waals surface area contributed by atoms with Crippen LogP contribution in [0.15, 0.2) is 24.4 Å². The van der Waals surface area contributed by atoms with Gasteiger partial charge < -0.3 is 5.73 Å². The van der Waals surface area contributed by atoms with Crippen molar-refractivity contribution in [3.63, 3.8) is 0 Å². The van der Waals surface area contributed by atoms with Crippen molar-refractivity contribution in [1.82, 2.24) is 9.78 Å². The van der Waals surface area contributed by atoms with Crippen LogP contribution >= 0.6 is 22.9 Å². The molecule has 2 rings (SSSR count). The highest BCUT2D eigenvalue weighted by atomic mass is 35.5. The molecule has 0 atom stereocenters. The zero-order valence-electron chi connectivity index (χ0n) is 6.77. The molecule has 0 amide bonds. The van der Waals surface area contributed by atoms with E-state index in [1.165, 1.54) is 4.88 Å². The molecule has 0 unspecified atom stereocenters. The summed E-state index contributed by atoms with van der Waals surface area (Å²) in [7, 11) is 0. The van der Waals surface area contributed by atoms with Crippen molar-refractivity contribution in [3.05, 3.63) is 33.6 Å². The van der Waals surface area contributed by atoms with Crippen LogP contribution in [0.1, 0.15) is 4.88 Å². The second kappa shape index (κ2) is 3.40. The van der Waals surface area contributed by atoms with Crippen LogP contribution in [0, 0.1) is 0 Å². The molecule has 0 saturated carbocycles. The van der Waals surface area contributed by atoms with Crippen LogP contribution in [0.5, 0.6) is 0 Å². The summed E-state index contributed by atoms with van der Waals surface area (Å²) in [6, 6.07) is 5.65. The Kier molecular flexibility index (Phi) is 2.24. The molecule has 0 aliphatic carbocycles. The van der Waals surface area contributed by atoms with Crippen molar-refractivity contribution in [2.75, 3.05) is 5.73 Å². The molecule has 0 spiro atoms. The van der Waals surface area contributed by atoms with E-state index in [0.717, 1.165) is 10.9 Å². The van der Waals surface area contributed by atoms with E-state index in [1.54, 1.807) is 22.1 Å². The van der Waals surface area contributed by atoms with E-state index in [1.807, 2.05) is 18.3 Å². The summed E-state index contributed by atoms with van der Waals surface area (Å²) in [4.78, 5) is 1.17. The quantitative estimate of drug-likeness (QED) is 0.832. The molecular weight excluding hydrogens is 206 g/mol. The Labute approximate surface area is 84.7 Å². The number of halogens is 1. The van der Waals surface area contributed by atoms with Gasteiger partial charge in [0.2, 0.25) is 0 Å². The molecule has 0 aliphatic heterocycles. The standard InChI is InChI=1S/C8H8ClN3S/c9-7-2-1-6(13-7)5-12-4-3-8(10)11-12/h1-4H,5H2,(H2,10,11). The molecule has 2 aromatic heterocycles. The number of hydrogen-bond acceptors (Lipinski definition) is 3. The largest absolute Gasteiger partial charge is 0.382 e. The molecule has 2 aromatic rings. The lowest BCUT2D eigenvalue weighted by Gasteiger charge is -1.96. The van der Waals surface area contributed by atoms with Crippen molar-refractivity contribution in [2.45, 2.75) is 6.54 Å². The zero-order valence-corrected chi connectivity index (χ0v) is 8.35. The Morgan fingerprint density at radius 2 is 2.31 bits per heavy atom. The Bertz CT molecular complexity index is 369. The van der Waals surface area contributed by atoms with Crippen molar-refractivity contribution in [1.29, 1.82) is 0 Å². The number of nitrogens with zero attached hydrogens (tertiary/aromatic N) is 2. The van der Waals surface area contributed by atoms with Gasteiger partial charge in [0.25, 0.3) is 0 Å². The first-order valence-electron chi connectivity index (χ1n) is 3.77. The number of anilines is 1. The highest BCUT2D eigenvalue weighted by Gasteiger charge is 1.99. The molecule has 0 saturated heterocycles. The molecule has 5 heteroatoms. The molecule has 0 aromatic carbocycles. The van der Waals surface area contributed by atoms with E-state index in [2.05, 4.69) is 5.10 Å². The Balaban J connectivity index is 2.14. The Morgan fingerprint density at radius 3 is 2.85 bits per heavy atom. The highest BCUT2D eigenvalue weighted by Crippen LogP contribution is 2.21. The fourth-order valence-corrected chi connectivity index (χ4v) is 2.14. The van der Waals surface area contributed by atoms with Gasteiger partial charge in [-0.3, -0.25) is 4.68 Å². The summed E-state index contributed by atoms with van der Waals surface area (Å²) >= 11 is 7.35. The lowest BCUT2D eigenvalue weighted by Crippen LogP contribution is -1.99. The van der Waals surface area contributed by atoms with Gasteiger partial charge in [-0.2, -0.15) is 5.10 Å². The van der Waals surface area contributed by atoms with Gasteiger partial charge in [-0.05, 0) is 18.2 Å². The van der Waals surface area contributed by atoms with Gasteiger partial charge in [0.15, 0.2) is 0 Å². The average Bonchev–Trinajstić information content (AvgIpc) is 2.62. The lowest BCUT2D eigenvalue weighted by atomic mass is 10.5. The SMILES string of the molecule is Nc1ccn(Cc2ccc(Cl)s2)n1. The van der Waals surface area contributed by atoms with Crippen molar-refractivity contribution >= 4 is 28.8 Å².